The van der Waals surface area contributed by atoms with Crippen LogP contribution in [0, 0.1) is 11.3 Å². The summed E-state index contributed by atoms with van der Waals surface area (Å²) in [6, 6.07) is 10.2. The van der Waals surface area contributed by atoms with Gasteiger partial charge in [0.15, 0.2) is 5.82 Å². The molecule has 0 bridgehead atoms. The normalized spacial score (nSPS) is 17.3. The van der Waals surface area contributed by atoms with Gasteiger partial charge in [0.2, 0.25) is 0 Å². The standard InChI is InChI=1S/C18H22N4O/c1-22(13-7-3-2-4-8-13)12-17(23)14(11-19)18-20-15-9-5-6-10-16(15)21-18/h5-6,9-10,13,23H,2-4,7-8,12H2,1H3,(H,20,21). The summed E-state index contributed by atoms with van der Waals surface area (Å²) in [6.45, 7) is 0.380. The van der Waals surface area contributed by atoms with Crippen molar-refractivity contribution in [3.63, 3.8) is 0 Å². The molecule has 120 valence electrons. The Labute approximate surface area is 136 Å². The van der Waals surface area contributed by atoms with Gasteiger partial charge in [0, 0.05) is 6.04 Å². The molecular formula is C18H22N4O. The van der Waals surface area contributed by atoms with Gasteiger partial charge in [-0.1, -0.05) is 31.4 Å². The van der Waals surface area contributed by atoms with Gasteiger partial charge in [-0.2, -0.15) is 5.26 Å². The van der Waals surface area contributed by atoms with E-state index in [4.69, 9.17) is 0 Å². The quantitative estimate of drug-likeness (QED) is 0.668. The topological polar surface area (TPSA) is 75.9 Å². The molecule has 0 atom stereocenters. The van der Waals surface area contributed by atoms with Crippen molar-refractivity contribution < 1.29 is 5.11 Å². The van der Waals surface area contributed by atoms with Crippen LogP contribution >= 0.6 is 0 Å². The number of hydrogen-bond donors (Lipinski definition) is 2. The van der Waals surface area contributed by atoms with E-state index < -0.39 is 0 Å². The summed E-state index contributed by atoms with van der Waals surface area (Å²) in [5.74, 6) is 0.517. The monoisotopic (exact) mass is 310 g/mol. The fraction of sp³-hybridized carbons (Fsp3) is 0.444. The second kappa shape index (κ2) is 6.84. The van der Waals surface area contributed by atoms with Crippen molar-refractivity contribution in [1.82, 2.24) is 14.9 Å². The first-order chi connectivity index (χ1) is 11.2. The number of aliphatic hydroxyl groups is 1. The van der Waals surface area contributed by atoms with Crippen molar-refractivity contribution in [2.75, 3.05) is 13.6 Å². The molecule has 1 fully saturated rings. The summed E-state index contributed by atoms with van der Waals surface area (Å²) < 4.78 is 0. The van der Waals surface area contributed by atoms with Gasteiger partial charge in [0.1, 0.15) is 17.4 Å². The summed E-state index contributed by atoms with van der Waals surface area (Å²) in [6.07, 6.45) is 6.11. The molecule has 0 unspecified atom stereocenters. The number of H-pyrrole nitrogens is 1. The third-order valence-corrected chi connectivity index (χ3v) is 4.62. The van der Waals surface area contributed by atoms with Gasteiger partial charge in [-0.25, -0.2) is 4.98 Å². The zero-order valence-corrected chi connectivity index (χ0v) is 13.4. The maximum Gasteiger partial charge on any atom is 0.152 e. The first-order valence-corrected chi connectivity index (χ1v) is 8.16. The highest BCUT2D eigenvalue weighted by atomic mass is 16.3. The number of benzene rings is 1. The van der Waals surface area contributed by atoms with E-state index in [-0.39, 0.29) is 11.3 Å². The number of likely N-dealkylation sites (N-methyl/N-ethyl adjacent to an activating group) is 1. The minimum atomic E-state index is 0.0830. The Morgan fingerprint density at radius 2 is 2.09 bits per heavy atom. The average Bonchev–Trinajstić information content (AvgIpc) is 2.99. The van der Waals surface area contributed by atoms with Crippen LogP contribution in [0.5, 0.6) is 0 Å². The van der Waals surface area contributed by atoms with Crippen molar-refractivity contribution in [2.24, 2.45) is 0 Å². The van der Waals surface area contributed by atoms with Gasteiger partial charge in [-0.05, 0) is 32.0 Å². The lowest BCUT2D eigenvalue weighted by molar-refractivity contribution is 0.184. The highest BCUT2D eigenvalue weighted by Crippen LogP contribution is 2.24. The van der Waals surface area contributed by atoms with Crippen LogP contribution in [0.25, 0.3) is 16.6 Å². The van der Waals surface area contributed by atoms with E-state index in [0.717, 1.165) is 23.9 Å². The lowest BCUT2D eigenvalue weighted by atomic mass is 9.94. The molecule has 2 aromatic rings. The van der Waals surface area contributed by atoms with Crippen molar-refractivity contribution in [3.05, 3.63) is 35.8 Å². The van der Waals surface area contributed by atoms with E-state index >= 15 is 0 Å². The number of hydrogen-bond acceptors (Lipinski definition) is 4. The van der Waals surface area contributed by atoms with E-state index in [1.54, 1.807) is 0 Å². The largest absolute Gasteiger partial charge is 0.509 e. The Kier molecular flexibility index (Phi) is 4.63. The summed E-state index contributed by atoms with van der Waals surface area (Å²) in [4.78, 5) is 9.67. The fourth-order valence-corrected chi connectivity index (χ4v) is 3.29. The number of fused-ring (bicyclic) bond motifs is 1. The van der Waals surface area contributed by atoms with E-state index in [9.17, 15) is 10.4 Å². The van der Waals surface area contributed by atoms with Crippen LogP contribution in [0.2, 0.25) is 0 Å². The highest BCUT2D eigenvalue weighted by Gasteiger charge is 2.21. The number of aromatic nitrogens is 2. The molecule has 23 heavy (non-hydrogen) atoms. The maximum atomic E-state index is 10.4. The van der Waals surface area contributed by atoms with Crippen LogP contribution in [0.1, 0.15) is 37.9 Å². The van der Waals surface area contributed by atoms with E-state index in [2.05, 4.69) is 20.9 Å². The Balaban J connectivity index is 1.82. The van der Waals surface area contributed by atoms with Crippen molar-refractivity contribution in [2.45, 2.75) is 38.1 Å². The summed E-state index contributed by atoms with van der Waals surface area (Å²) in [5.41, 5.74) is 1.89. The SMILES string of the molecule is CN(CC(O)=C(C#N)c1nc2ccccc2[nH]1)C1CCCCC1. The van der Waals surface area contributed by atoms with Crippen LogP contribution in [0.3, 0.4) is 0 Å². The van der Waals surface area contributed by atoms with E-state index in [1.165, 1.54) is 19.3 Å². The first kappa shape index (κ1) is 15.6. The number of aromatic amines is 1. The van der Waals surface area contributed by atoms with E-state index in [0.29, 0.717) is 18.4 Å². The lowest BCUT2D eigenvalue weighted by Crippen LogP contribution is -2.35. The van der Waals surface area contributed by atoms with Gasteiger partial charge in [-0.15, -0.1) is 0 Å². The Morgan fingerprint density at radius 1 is 1.35 bits per heavy atom. The summed E-state index contributed by atoms with van der Waals surface area (Å²) in [7, 11) is 2.01. The van der Waals surface area contributed by atoms with Gasteiger partial charge < -0.3 is 10.1 Å². The second-order valence-electron chi connectivity index (χ2n) is 6.24. The Bertz CT molecular complexity index is 717. The van der Waals surface area contributed by atoms with E-state index in [1.807, 2.05) is 31.3 Å². The zero-order valence-electron chi connectivity index (χ0n) is 13.4. The minimum absolute atomic E-state index is 0.0830. The molecule has 0 spiro atoms. The molecule has 0 saturated heterocycles. The van der Waals surface area contributed by atoms with Crippen LogP contribution in [0.15, 0.2) is 30.0 Å². The lowest BCUT2D eigenvalue weighted by Gasteiger charge is -2.30. The molecule has 1 aromatic heterocycles. The van der Waals surface area contributed by atoms with Gasteiger partial charge in [0.05, 0.1) is 17.6 Å². The van der Waals surface area contributed by atoms with Crippen LogP contribution < -0.4 is 0 Å². The number of nitriles is 1. The molecule has 0 aliphatic heterocycles. The van der Waals surface area contributed by atoms with Gasteiger partial charge in [0.25, 0.3) is 0 Å². The maximum absolute atomic E-state index is 10.4. The fourth-order valence-electron chi connectivity index (χ4n) is 3.29. The third-order valence-electron chi connectivity index (χ3n) is 4.62. The highest BCUT2D eigenvalue weighted by molar-refractivity contribution is 5.82. The zero-order chi connectivity index (χ0) is 16.2. The molecule has 5 nitrogen and oxygen atoms in total. The van der Waals surface area contributed by atoms with Crippen LogP contribution in [-0.2, 0) is 0 Å². The number of nitrogens with one attached hydrogen (secondary N) is 1. The number of rotatable bonds is 4. The van der Waals surface area contributed by atoms with Crippen molar-refractivity contribution in [3.8, 4) is 6.07 Å². The summed E-state index contributed by atoms with van der Waals surface area (Å²) >= 11 is 0. The average molecular weight is 310 g/mol. The van der Waals surface area contributed by atoms with Crippen LogP contribution in [-0.4, -0.2) is 39.6 Å². The molecule has 1 saturated carbocycles. The van der Waals surface area contributed by atoms with Crippen LogP contribution in [0.4, 0.5) is 0 Å². The van der Waals surface area contributed by atoms with Gasteiger partial charge in [-0.3, -0.25) is 4.90 Å². The molecule has 0 radical (unpaired) electrons. The molecule has 1 heterocycles. The molecule has 5 heteroatoms. The Morgan fingerprint density at radius 3 is 2.78 bits per heavy atom. The molecule has 3 rings (SSSR count). The minimum Gasteiger partial charge on any atom is -0.509 e. The van der Waals surface area contributed by atoms with Crippen molar-refractivity contribution in [1.29, 1.82) is 5.26 Å². The van der Waals surface area contributed by atoms with Gasteiger partial charge >= 0.3 is 0 Å². The molecule has 2 N–H and O–H groups in total. The smallest absolute Gasteiger partial charge is 0.152 e. The molecular weight excluding hydrogens is 288 g/mol. The molecule has 1 aromatic carbocycles. The van der Waals surface area contributed by atoms with Crippen molar-refractivity contribution >= 4 is 16.6 Å². The molecule has 1 aliphatic rings. The number of nitrogens with zero attached hydrogens (tertiary/aromatic N) is 3. The number of aliphatic hydroxyl groups excluding tert-OH is 1. The predicted molar refractivity (Wildman–Crippen MR) is 90.8 cm³/mol. The second-order valence-corrected chi connectivity index (χ2v) is 6.24. The predicted octanol–water partition coefficient (Wildman–Crippen LogP) is 3.62. The first-order valence-electron chi connectivity index (χ1n) is 8.16. The molecule has 0 amide bonds. The molecule has 1 aliphatic carbocycles. The number of allylic oxidation sites excluding steroid dienone is 1. The number of imidazole rings is 1. The third kappa shape index (κ3) is 3.38. The Hall–Kier alpha value is -2.32. The summed E-state index contributed by atoms with van der Waals surface area (Å²) in [5, 5.41) is 19.9. The number of para-hydroxylation sites is 2.